The summed E-state index contributed by atoms with van der Waals surface area (Å²) in [5.74, 6) is 0. The largest absolute Gasteiger partial charge is 0.197 e. The van der Waals surface area contributed by atoms with Crippen LogP contribution in [0.2, 0.25) is 0 Å². The van der Waals surface area contributed by atoms with Crippen LogP contribution in [0, 0.1) is 19.3 Å². The van der Waals surface area contributed by atoms with Crippen molar-refractivity contribution in [3.8, 4) is 0 Å². The summed E-state index contributed by atoms with van der Waals surface area (Å²) >= 11 is 0. The lowest BCUT2D eigenvalue weighted by atomic mass is 10.1. The van der Waals surface area contributed by atoms with E-state index in [1.165, 1.54) is 12.8 Å². The van der Waals surface area contributed by atoms with Gasteiger partial charge in [0.15, 0.2) is 0 Å². The molecule has 0 aromatic rings. The Bertz CT molecular complexity index is 29.9. The molecule has 0 aliphatic carbocycles. The highest BCUT2D eigenvalue weighted by molar-refractivity contribution is 7.59. The van der Waals surface area contributed by atoms with Crippen molar-refractivity contribution < 1.29 is 0 Å². The van der Waals surface area contributed by atoms with Crippen LogP contribution in [0.15, 0.2) is 0 Å². The molecule has 0 nitrogen and oxygen atoms in total. The minimum absolute atomic E-state index is 0. The van der Waals surface area contributed by atoms with Gasteiger partial charge in [0.1, 0.15) is 0 Å². The first kappa shape index (κ1) is 17.4. The SMILES string of the molecule is CC.C[CH]C[CH]C[CH]CC.S. The number of rotatable bonds is 5. The van der Waals surface area contributed by atoms with Crippen LogP contribution in [0.1, 0.15) is 47.0 Å². The number of hydrogen-bond donors (Lipinski definition) is 0. The second-order valence-electron chi connectivity index (χ2n) is 1.87. The predicted molar refractivity (Wildman–Crippen MR) is 59.8 cm³/mol. The minimum atomic E-state index is 0. The molecule has 0 fully saturated rings. The summed E-state index contributed by atoms with van der Waals surface area (Å²) in [6, 6.07) is 0. The third-order valence-electron chi connectivity index (χ3n) is 1.02. The summed E-state index contributed by atoms with van der Waals surface area (Å²) < 4.78 is 0. The third-order valence-corrected chi connectivity index (χ3v) is 1.02. The highest BCUT2D eigenvalue weighted by atomic mass is 32.1. The second-order valence-corrected chi connectivity index (χ2v) is 1.87. The van der Waals surface area contributed by atoms with E-state index in [4.69, 9.17) is 0 Å². The zero-order chi connectivity index (χ0) is 8.24. The Morgan fingerprint density at radius 1 is 1.00 bits per heavy atom. The Kier molecular flexibility index (Phi) is 35.6. The first-order valence-electron chi connectivity index (χ1n) is 4.33. The van der Waals surface area contributed by atoms with Gasteiger partial charge in [-0.3, -0.25) is 0 Å². The van der Waals surface area contributed by atoms with E-state index < -0.39 is 0 Å². The van der Waals surface area contributed by atoms with Gasteiger partial charge in [-0.2, -0.15) is 13.5 Å². The summed E-state index contributed by atoms with van der Waals surface area (Å²) in [5, 5.41) is 0. The van der Waals surface area contributed by atoms with E-state index in [0.29, 0.717) is 0 Å². The maximum Gasteiger partial charge on any atom is -0.0380 e. The zero-order valence-electron chi connectivity index (χ0n) is 8.35. The lowest BCUT2D eigenvalue weighted by molar-refractivity contribution is 0.930. The van der Waals surface area contributed by atoms with E-state index in [9.17, 15) is 0 Å². The van der Waals surface area contributed by atoms with Crippen LogP contribution in [-0.4, -0.2) is 0 Å². The molecule has 0 unspecified atom stereocenters. The minimum Gasteiger partial charge on any atom is -0.197 e. The summed E-state index contributed by atoms with van der Waals surface area (Å²) in [7, 11) is 0. The van der Waals surface area contributed by atoms with Gasteiger partial charge < -0.3 is 0 Å². The van der Waals surface area contributed by atoms with Crippen molar-refractivity contribution in [1.82, 2.24) is 0 Å². The predicted octanol–water partition coefficient (Wildman–Crippen LogP) is 3.95. The monoisotopic (exact) mass is 175 g/mol. The average Bonchev–Trinajstić information content (AvgIpc) is 2.02. The molecule has 0 rings (SSSR count). The Labute approximate surface area is 80.2 Å². The van der Waals surface area contributed by atoms with Crippen molar-refractivity contribution in [1.29, 1.82) is 0 Å². The van der Waals surface area contributed by atoms with E-state index in [-0.39, 0.29) is 13.5 Å². The van der Waals surface area contributed by atoms with Crippen molar-refractivity contribution >= 4 is 13.5 Å². The van der Waals surface area contributed by atoms with Crippen molar-refractivity contribution in [2.45, 2.75) is 47.0 Å². The van der Waals surface area contributed by atoms with Gasteiger partial charge in [0.2, 0.25) is 0 Å². The molecule has 0 aromatic carbocycles. The van der Waals surface area contributed by atoms with Crippen LogP contribution in [0.5, 0.6) is 0 Å². The van der Waals surface area contributed by atoms with Crippen LogP contribution < -0.4 is 0 Å². The van der Waals surface area contributed by atoms with Gasteiger partial charge in [-0.25, -0.2) is 0 Å². The van der Waals surface area contributed by atoms with Crippen LogP contribution in [-0.2, 0) is 0 Å². The third kappa shape index (κ3) is 25.2. The van der Waals surface area contributed by atoms with Crippen LogP contribution >= 0.6 is 13.5 Å². The van der Waals surface area contributed by atoms with Gasteiger partial charge in [0.25, 0.3) is 0 Å². The molecule has 0 bridgehead atoms. The molecule has 0 N–H and O–H groups in total. The van der Waals surface area contributed by atoms with Crippen molar-refractivity contribution in [3.63, 3.8) is 0 Å². The van der Waals surface area contributed by atoms with E-state index in [0.717, 1.165) is 6.42 Å². The highest BCUT2D eigenvalue weighted by Gasteiger charge is 1.84. The molecule has 1 heteroatoms. The Morgan fingerprint density at radius 2 is 1.55 bits per heavy atom. The number of hydrogen-bond acceptors (Lipinski definition) is 0. The molecule has 0 heterocycles. The molecule has 0 spiro atoms. The fourth-order valence-corrected chi connectivity index (χ4v) is 0.547. The maximum absolute atomic E-state index is 2.28. The molecule has 0 saturated carbocycles. The Balaban J connectivity index is -0.000000196. The zero-order valence-corrected chi connectivity index (χ0v) is 9.35. The normalized spacial score (nSPS) is 7.64. The van der Waals surface area contributed by atoms with Gasteiger partial charge >= 0.3 is 0 Å². The van der Waals surface area contributed by atoms with Crippen molar-refractivity contribution in [3.05, 3.63) is 19.3 Å². The summed E-state index contributed by atoms with van der Waals surface area (Å²) in [4.78, 5) is 0. The van der Waals surface area contributed by atoms with Gasteiger partial charge in [-0.15, -0.1) is 0 Å². The number of unbranched alkanes of at least 4 members (excludes halogenated alkanes) is 5. The van der Waals surface area contributed by atoms with Gasteiger partial charge in [-0.1, -0.05) is 34.1 Å². The van der Waals surface area contributed by atoms with E-state index in [1.54, 1.807) is 0 Å². The van der Waals surface area contributed by atoms with Crippen molar-refractivity contribution in [2.24, 2.45) is 0 Å². The first-order chi connectivity index (χ1) is 4.91. The lowest BCUT2D eigenvalue weighted by Gasteiger charge is -1.92. The Hall–Kier alpha value is 0.350. The average molecular weight is 175 g/mol. The molecule has 0 saturated heterocycles. The molecular weight excluding hydrogens is 152 g/mol. The fraction of sp³-hybridized carbons (Fsp3) is 0.700. The lowest BCUT2D eigenvalue weighted by Crippen LogP contribution is -1.76. The molecular formula is C10H23S. The highest BCUT2D eigenvalue weighted by Crippen LogP contribution is 2.00. The van der Waals surface area contributed by atoms with E-state index >= 15 is 0 Å². The van der Waals surface area contributed by atoms with E-state index in [2.05, 4.69) is 33.1 Å². The van der Waals surface area contributed by atoms with Crippen molar-refractivity contribution in [2.75, 3.05) is 0 Å². The first-order valence-corrected chi connectivity index (χ1v) is 4.33. The molecule has 0 amide bonds. The summed E-state index contributed by atoms with van der Waals surface area (Å²) in [6.45, 7) is 8.26. The topological polar surface area (TPSA) is 0 Å². The quantitative estimate of drug-likeness (QED) is 0.555. The standard InChI is InChI=1S/C8H15.C2H6.H2S/c1-3-5-7-8-6-4-2;1-2;/h3,6-7H,4-5,8H2,1-2H3;1-2H3;1H2. The van der Waals surface area contributed by atoms with Gasteiger partial charge in [0.05, 0.1) is 0 Å². The molecule has 69 valence electrons. The summed E-state index contributed by atoms with van der Waals surface area (Å²) in [6.07, 6.45) is 10.2. The van der Waals surface area contributed by atoms with Crippen LogP contribution in [0.25, 0.3) is 0 Å². The molecule has 3 radical (unpaired) electrons. The van der Waals surface area contributed by atoms with Gasteiger partial charge in [-0.05, 0) is 32.1 Å². The smallest absolute Gasteiger partial charge is 0.0380 e. The second kappa shape index (κ2) is 22.4. The molecule has 0 aliphatic heterocycles. The Morgan fingerprint density at radius 3 is 1.91 bits per heavy atom. The maximum atomic E-state index is 2.28. The van der Waals surface area contributed by atoms with Crippen LogP contribution in [0.4, 0.5) is 0 Å². The molecule has 0 aromatic heterocycles. The summed E-state index contributed by atoms with van der Waals surface area (Å²) in [5.41, 5.74) is 0. The molecule has 11 heavy (non-hydrogen) atoms. The van der Waals surface area contributed by atoms with Crippen LogP contribution in [0.3, 0.4) is 0 Å². The fourth-order valence-electron chi connectivity index (χ4n) is 0.547. The molecule has 0 atom stereocenters. The van der Waals surface area contributed by atoms with E-state index in [1.807, 2.05) is 13.8 Å². The van der Waals surface area contributed by atoms with Gasteiger partial charge in [0, 0.05) is 0 Å². The molecule has 0 aliphatic rings.